The van der Waals surface area contributed by atoms with Gasteiger partial charge in [0.2, 0.25) is 0 Å². The summed E-state index contributed by atoms with van der Waals surface area (Å²) in [5.74, 6) is -0.760. The normalized spacial score (nSPS) is 23.8. The maximum atomic E-state index is 13.2. The van der Waals surface area contributed by atoms with Crippen LogP contribution in [0.3, 0.4) is 0 Å². The number of carboxylic acids is 1. The molecule has 1 aromatic carbocycles. The van der Waals surface area contributed by atoms with Gasteiger partial charge in [-0.1, -0.05) is 11.6 Å². The number of hydrogen-bond acceptors (Lipinski definition) is 4. The summed E-state index contributed by atoms with van der Waals surface area (Å²) in [5.41, 5.74) is 2.67. The summed E-state index contributed by atoms with van der Waals surface area (Å²) in [6.07, 6.45) is 0. The Bertz CT molecular complexity index is 846. The molecule has 7 heteroatoms. The van der Waals surface area contributed by atoms with Gasteiger partial charge in [-0.15, -0.1) is 0 Å². The Hall–Kier alpha value is -2.38. The Morgan fingerprint density at radius 2 is 2.08 bits per heavy atom. The van der Waals surface area contributed by atoms with Crippen LogP contribution in [0.1, 0.15) is 16.1 Å². The second kappa shape index (κ2) is 6.74. The van der Waals surface area contributed by atoms with Crippen molar-refractivity contribution >= 4 is 22.8 Å². The van der Waals surface area contributed by atoms with Crippen LogP contribution in [0.25, 0.3) is 10.9 Å². The number of nitrogens with zero attached hydrogens (tertiary/aromatic N) is 2. The Morgan fingerprint density at radius 1 is 1.23 bits per heavy atom. The molecule has 138 valence electrons. The molecular formula is C19H23N3O4. The fraction of sp³-hybridized carbons (Fsp3) is 0.474. The Kier molecular flexibility index (Phi) is 4.42. The number of carbonyl (C=O) groups excluding carboxylic acids is 1. The topological polar surface area (TPSA) is 85.9 Å². The molecule has 0 saturated carbocycles. The molecule has 2 bridgehead atoms. The van der Waals surface area contributed by atoms with Gasteiger partial charge in [-0.25, -0.2) is 0 Å². The van der Waals surface area contributed by atoms with Crippen molar-refractivity contribution in [2.24, 2.45) is 5.92 Å². The van der Waals surface area contributed by atoms with Gasteiger partial charge in [-0.05, 0) is 25.1 Å². The van der Waals surface area contributed by atoms with Crippen molar-refractivity contribution in [3.05, 3.63) is 35.5 Å². The van der Waals surface area contributed by atoms with Gasteiger partial charge in [0.1, 0.15) is 5.69 Å². The third-order valence-corrected chi connectivity index (χ3v) is 5.17. The molecule has 0 aliphatic carbocycles. The third kappa shape index (κ3) is 3.32. The van der Waals surface area contributed by atoms with Crippen molar-refractivity contribution in [2.75, 3.05) is 39.4 Å². The molecule has 0 spiro atoms. The predicted molar refractivity (Wildman–Crippen MR) is 96.2 cm³/mol. The lowest BCUT2D eigenvalue weighted by Gasteiger charge is -2.30. The first kappa shape index (κ1) is 17.1. The third-order valence-electron chi connectivity index (χ3n) is 5.17. The molecule has 1 amide bonds. The van der Waals surface area contributed by atoms with E-state index >= 15 is 0 Å². The quantitative estimate of drug-likeness (QED) is 0.866. The average Bonchev–Trinajstić information content (AvgIpc) is 2.78. The number of aliphatic carboxylic acids is 1. The molecule has 26 heavy (non-hydrogen) atoms. The van der Waals surface area contributed by atoms with Crippen molar-refractivity contribution in [1.82, 2.24) is 14.8 Å². The van der Waals surface area contributed by atoms with Crippen LogP contribution in [0.4, 0.5) is 0 Å². The SMILES string of the molecule is Cc1ccc2[nH]c(C(=O)N3C[C@H]4COC[C@@H]3CN(CC(=O)O)C4)cc2c1. The van der Waals surface area contributed by atoms with E-state index in [0.717, 1.165) is 16.5 Å². The molecule has 1 aromatic heterocycles. The van der Waals surface area contributed by atoms with E-state index in [1.54, 1.807) is 0 Å². The number of rotatable bonds is 3. The van der Waals surface area contributed by atoms with Crippen molar-refractivity contribution in [1.29, 1.82) is 0 Å². The highest BCUT2D eigenvalue weighted by molar-refractivity contribution is 5.98. The predicted octanol–water partition coefficient (Wildman–Crippen LogP) is 1.33. The highest BCUT2D eigenvalue weighted by Gasteiger charge is 2.37. The second-order valence-electron chi connectivity index (χ2n) is 7.38. The number of amides is 1. The van der Waals surface area contributed by atoms with Crippen LogP contribution >= 0.6 is 0 Å². The molecule has 0 unspecified atom stereocenters. The number of carbonyl (C=O) groups is 2. The molecule has 0 radical (unpaired) electrons. The molecule has 2 saturated heterocycles. The number of nitrogens with one attached hydrogen (secondary N) is 1. The number of benzene rings is 1. The Balaban J connectivity index is 1.60. The van der Waals surface area contributed by atoms with E-state index in [4.69, 9.17) is 9.84 Å². The molecule has 2 N–H and O–H groups in total. The van der Waals surface area contributed by atoms with Gasteiger partial charge in [0.05, 0.1) is 25.8 Å². The molecule has 4 rings (SSSR count). The summed E-state index contributed by atoms with van der Waals surface area (Å²) in [4.78, 5) is 31.3. The minimum atomic E-state index is -0.838. The number of aromatic nitrogens is 1. The monoisotopic (exact) mass is 357 g/mol. The summed E-state index contributed by atoms with van der Waals surface area (Å²) < 4.78 is 5.73. The number of aryl methyl sites for hydroxylation is 1. The van der Waals surface area contributed by atoms with Crippen LogP contribution in [0.5, 0.6) is 0 Å². The number of fused-ring (bicyclic) bond motifs is 4. The summed E-state index contributed by atoms with van der Waals surface area (Å²) >= 11 is 0. The second-order valence-corrected chi connectivity index (χ2v) is 7.38. The van der Waals surface area contributed by atoms with Crippen molar-refractivity contribution in [2.45, 2.75) is 13.0 Å². The van der Waals surface area contributed by atoms with Crippen molar-refractivity contribution in [3.63, 3.8) is 0 Å². The minimum Gasteiger partial charge on any atom is -0.480 e. The van der Waals surface area contributed by atoms with Crippen molar-refractivity contribution < 1.29 is 19.4 Å². The van der Waals surface area contributed by atoms with Crippen LogP contribution in [-0.2, 0) is 9.53 Å². The lowest BCUT2D eigenvalue weighted by atomic mass is 10.1. The molecular weight excluding hydrogens is 334 g/mol. The summed E-state index contributed by atoms with van der Waals surface area (Å²) in [6, 6.07) is 7.82. The molecule has 2 aliphatic heterocycles. The Labute approximate surface area is 151 Å². The number of ether oxygens (including phenoxy) is 1. The van der Waals surface area contributed by atoms with Gasteiger partial charge < -0.3 is 19.7 Å². The van der Waals surface area contributed by atoms with Crippen LogP contribution in [0.15, 0.2) is 24.3 Å². The molecule has 2 aromatic rings. The molecule has 3 heterocycles. The highest BCUT2D eigenvalue weighted by atomic mass is 16.5. The first-order valence-corrected chi connectivity index (χ1v) is 8.92. The zero-order valence-electron chi connectivity index (χ0n) is 14.8. The van der Waals surface area contributed by atoms with E-state index < -0.39 is 5.97 Å². The number of hydrogen-bond donors (Lipinski definition) is 2. The van der Waals surface area contributed by atoms with Crippen LogP contribution in [0, 0.1) is 12.8 Å². The van der Waals surface area contributed by atoms with E-state index in [2.05, 4.69) is 11.1 Å². The van der Waals surface area contributed by atoms with Gasteiger partial charge in [-0.3, -0.25) is 14.5 Å². The van der Waals surface area contributed by atoms with Crippen LogP contribution < -0.4 is 0 Å². The first-order chi connectivity index (χ1) is 12.5. The van der Waals surface area contributed by atoms with Crippen LogP contribution in [0.2, 0.25) is 0 Å². The largest absolute Gasteiger partial charge is 0.480 e. The average molecular weight is 357 g/mol. The molecule has 2 fully saturated rings. The van der Waals surface area contributed by atoms with E-state index in [0.29, 0.717) is 38.5 Å². The maximum absolute atomic E-state index is 13.2. The van der Waals surface area contributed by atoms with Crippen molar-refractivity contribution in [3.8, 4) is 0 Å². The number of carboxylic acid groups (broad SMARTS) is 1. The summed E-state index contributed by atoms with van der Waals surface area (Å²) in [6.45, 7) is 4.78. The smallest absolute Gasteiger partial charge is 0.317 e. The summed E-state index contributed by atoms with van der Waals surface area (Å²) in [5, 5.41) is 10.1. The van der Waals surface area contributed by atoms with Gasteiger partial charge in [0.15, 0.2) is 0 Å². The first-order valence-electron chi connectivity index (χ1n) is 8.92. The lowest BCUT2D eigenvalue weighted by molar-refractivity contribution is -0.138. The van der Waals surface area contributed by atoms with Gasteiger partial charge in [0, 0.05) is 36.5 Å². The molecule has 2 aliphatic rings. The lowest BCUT2D eigenvalue weighted by Crippen LogP contribution is -2.47. The summed E-state index contributed by atoms with van der Waals surface area (Å²) in [7, 11) is 0. The highest BCUT2D eigenvalue weighted by Crippen LogP contribution is 2.23. The van der Waals surface area contributed by atoms with Gasteiger partial charge in [-0.2, -0.15) is 0 Å². The van der Waals surface area contributed by atoms with E-state index in [-0.39, 0.29) is 24.4 Å². The van der Waals surface area contributed by atoms with E-state index in [9.17, 15) is 9.59 Å². The minimum absolute atomic E-state index is 0.000690. The van der Waals surface area contributed by atoms with Crippen LogP contribution in [-0.4, -0.2) is 77.2 Å². The Morgan fingerprint density at radius 3 is 2.88 bits per heavy atom. The standard InChI is InChI=1S/C19H23N3O4/c1-12-2-3-16-14(4-12)5-17(20-16)19(25)22-7-13-6-21(9-18(23)24)8-15(22)11-26-10-13/h2-5,13,15,20H,6-11H2,1H3,(H,23,24)/t13-,15-/m0/s1. The fourth-order valence-electron chi connectivity index (χ4n) is 4.03. The van der Waals surface area contributed by atoms with Gasteiger partial charge in [0.25, 0.3) is 5.91 Å². The number of aromatic amines is 1. The zero-order chi connectivity index (χ0) is 18.3. The zero-order valence-corrected chi connectivity index (χ0v) is 14.8. The fourth-order valence-corrected chi connectivity index (χ4v) is 4.03. The molecule has 2 atom stereocenters. The number of H-pyrrole nitrogens is 1. The van der Waals surface area contributed by atoms with E-state index in [1.165, 1.54) is 0 Å². The van der Waals surface area contributed by atoms with Gasteiger partial charge >= 0.3 is 5.97 Å². The van der Waals surface area contributed by atoms with E-state index in [1.807, 2.05) is 34.9 Å². The maximum Gasteiger partial charge on any atom is 0.317 e. The molecule has 7 nitrogen and oxygen atoms in total.